The molecule has 1 aliphatic carbocycles. The van der Waals surface area contributed by atoms with Crippen LogP contribution in [0.25, 0.3) is 0 Å². The second-order valence-electron chi connectivity index (χ2n) is 3.69. The molecule has 68 valence electrons. The molecule has 1 fully saturated rings. The molecule has 1 aromatic heterocycles. The average Bonchev–Trinajstić information content (AvgIpc) is 2.49. The lowest BCUT2D eigenvalue weighted by atomic mass is 9.91. The summed E-state index contributed by atoms with van der Waals surface area (Å²) in [5.41, 5.74) is 1.21. The Kier molecular flexibility index (Phi) is 2.13. The molecule has 0 amide bonds. The van der Waals surface area contributed by atoms with Gasteiger partial charge in [0.1, 0.15) is 5.78 Å². The van der Waals surface area contributed by atoms with Crippen molar-refractivity contribution < 1.29 is 4.79 Å². The van der Waals surface area contributed by atoms with E-state index >= 15 is 0 Å². The van der Waals surface area contributed by atoms with Gasteiger partial charge in [-0.15, -0.1) is 0 Å². The third kappa shape index (κ3) is 1.48. The SMILES string of the molecule is CC1C(=O)CCC1c1cccnc1. The van der Waals surface area contributed by atoms with Crippen LogP contribution in [0.4, 0.5) is 0 Å². The Morgan fingerprint density at radius 1 is 1.54 bits per heavy atom. The number of aromatic nitrogens is 1. The fourth-order valence-corrected chi connectivity index (χ4v) is 2.05. The van der Waals surface area contributed by atoms with Crippen LogP contribution in [0.2, 0.25) is 0 Å². The van der Waals surface area contributed by atoms with Crippen molar-refractivity contribution in [2.45, 2.75) is 25.7 Å². The number of hydrogen-bond acceptors (Lipinski definition) is 2. The van der Waals surface area contributed by atoms with Crippen LogP contribution in [0, 0.1) is 5.92 Å². The Morgan fingerprint density at radius 3 is 2.92 bits per heavy atom. The molecule has 0 aromatic carbocycles. The largest absolute Gasteiger partial charge is 0.299 e. The van der Waals surface area contributed by atoms with Crippen LogP contribution in [0.5, 0.6) is 0 Å². The lowest BCUT2D eigenvalue weighted by Crippen LogP contribution is -2.08. The Bertz CT molecular complexity index is 307. The molecular formula is C11H13NO. The first-order valence-corrected chi connectivity index (χ1v) is 4.71. The Balaban J connectivity index is 2.24. The summed E-state index contributed by atoms with van der Waals surface area (Å²) in [5, 5.41) is 0. The molecule has 2 rings (SSSR count). The Morgan fingerprint density at radius 2 is 2.38 bits per heavy atom. The van der Waals surface area contributed by atoms with E-state index in [1.165, 1.54) is 5.56 Å². The number of nitrogens with zero attached hydrogens (tertiary/aromatic N) is 1. The quantitative estimate of drug-likeness (QED) is 0.654. The van der Waals surface area contributed by atoms with Gasteiger partial charge >= 0.3 is 0 Å². The van der Waals surface area contributed by atoms with Gasteiger partial charge in [0.15, 0.2) is 0 Å². The molecule has 0 radical (unpaired) electrons. The van der Waals surface area contributed by atoms with Crippen LogP contribution in [-0.2, 0) is 4.79 Å². The van der Waals surface area contributed by atoms with Crippen molar-refractivity contribution in [2.24, 2.45) is 5.92 Å². The number of carbonyl (C=O) groups is 1. The van der Waals surface area contributed by atoms with E-state index in [9.17, 15) is 4.79 Å². The minimum absolute atomic E-state index is 0.184. The molecule has 13 heavy (non-hydrogen) atoms. The van der Waals surface area contributed by atoms with E-state index in [0.29, 0.717) is 11.7 Å². The van der Waals surface area contributed by atoms with E-state index in [0.717, 1.165) is 12.8 Å². The molecule has 1 heterocycles. The fourth-order valence-electron chi connectivity index (χ4n) is 2.05. The van der Waals surface area contributed by atoms with Crippen molar-refractivity contribution in [3.05, 3.63) is 30.1 Å². The van der Waals surface area contributed by atoms with Crippen molar-refractivity contribution in [3.8, 4) is 0 Å². The molecular weight excluding hydrogens is 162 g/mol. The van der Waals surface area contributed by atoms with Crippen LogP contribution in [0.15, 0.2) is 24.5 Å². The van der Waals surface area contributed by atoms with Crippen LogP contribution in [0.1, 0.15) is 31.2 Å². The first kappa shape index (κ1) is 8.42. The van der Waals surface area contributed by atoms with Gasteiger partial charge in [-0.3, -0.25) is 9.78 Å². The normalized spacial score (nSPS) is 27.9. The number of rotatable bonds is 1. The third-order valence-electron chi connectivity index (χ3n) is 2.93. The fraction of sp³-hybridized carbons (Fsp3) is 0.455. The van der Waals surface area contributed by atoms with E-state index in [1.807, 2.05) is 19.2 Å². The van der Waals surface area contributed by atoms with E-state index in [1.54, 1.807) is 6.20 Å². The molecule has 0 spiro atoms. The standard InChI is InChI=1S/C11H13NO/c1-8-10(4-5-11(8)13)9-3-2-6-12-7-9/h2-3,6-8,10H,4-5H2,1H3. The second-order valence-corrected chi connectivity index (χ2v) is 3.69. The zero-order valence-electron chi connectivity index (χ0n) is 7.73. The maximum absolute atomic E-state index is 11.3. The zero-order valence-corrected chi connectivity index (χ0v) is 7.73. The minimum Gasteiger partial charge on any atom is -0.299 e. The highest BCUT2D eigenvalue weighted by atomic mass is 16.1. The lowest BCUT2D eigenvalue weighted by Gasteiger charge is -2.13. The highest BCUT2D eigenvalue weighted by Crippen LogP contribution is 2.36. The number of carbonyl (C=O) groups excluding carboxylic acids is 1. The molecule has 0 bridgehead atoms. The summed E-state index contributed by atoms with van der Waals surface area (Å²) in [6, 6.07) is 4.00. The van der Waals surface area contributed by atoms with Crippen LogP contribution >= 0.6 is 0 Å². The van der Waals surface area contributed by atoms with Crippen molar-refractivity contribution in [1.29, 1.82) is 0 Å². The van der Waals surface area contributed by atoms with Gasteiger partial charge in [0, 0.05) is 24.7 Å². The van der Waals surface area contributed by atoms with Crippen molar-refractivity contribution in [3.63, 3.8) is 0 Å². The lowest BCUT2D eigenvalue weighted by molar-refractivity contribution is -0.120. The molecule has 2 nitrogen and oxygen atoms in total. The minimum atomic E-state index is 0.184. The van der Waals surface area contributed by atoms with Gasteiger partial charge in [-0.05, 0) is 24.0 Å². The first-order valence-electron chi connectivity index (χ1n) is 4.71. The zero-order chi connectivity index (χ0) is 9.26. The van der Waals surface area contributed by atoms with Crippen LogP contribution in [-0.4, -0.2) is 10.8 Å². The second kappa shape index (κ2) is 3.29. The highest BCUT2D eigenvalue weighted by Gasteiger charge is 2.31. The van der Waals surface area contributed by atoms with E-state index in [-0.39, 0.29) is 5.92 Å². The van der Waals surface area contributed by atoms with Crippen LogP contribution < -0.4 is 0 Å². The average molecular weight is 175 g/mol. The summed E-state index contributed by atoms with van der Waals surface area (Å²) in [6.07, 6.45) is 5.37. The predicted octanol–water partition coefficient (Wildman–Crippen LogP) is 2.16. The van der Waals surface area contributed by atoms with E-state index in [4.69, 9.17) is 0 Å². The maximum Gasteiger partial charge on any atom is 0.136 e. The van der Waals surface area contributed by atoms with Gasteiger partial charge in [0.05, 0.1) is 0 Å². The molecule has 0 aliphatic heterocycles. The highest BCUT2D eigenvalue weighted by molar-refractivity contribution is 5.84. The van der Waals surface area contributed by atoms with Gasteiger partial charge in [-0.1, -0.05) is 13.0 Å². The summed E-state index contributed by atoms with van der Waals surface area (Å²) >= 11 is 0. The van der Waals surface area contributed by atoms with Crippen molar-refractivity contribution >= 4 is 5.78 Å². The molecule has 0 saturated heterocycles. The first-order chi connectivity index (χ1) is 6.29. The van der Waals surface area contributed by atoms with Crippen molar-refractivity contribution in [1.82, 2.24) is 4.98 Å². The number of hydrogen-bond donors (Lipinski definition) is 0. The molecule has 1 aromatic rings. The summed E-state index contributed by atoms with van der Waals surface area (Å²) in [7, 11) is 0. The monoisotopic (exact) mass is 175 g/mol. The molecule has 1 aliphatic rings. The molecule has 2 heteroatoms. The van der Waals surface area contributed by atoms with E-state index in [2.05, 4.69) is 11.1 Å². The van der Waals surface area contributed by atoms with E-state index < -0.39 is 0 Å². The molecule has 0 N–H and O–H groups in total. The number of pyridine rings is 1. The van der Waals surface area contributed by atoms with Crippen molar-refractivity contribution in [2.75, 3.05) is 0 Å². The third-order valence-corrected chi connectivity index (χ3v) is 2.93. The summed E-state index contributed by atoms with van der Waals surface area (Å²) in [6.45, 7) is 2.02. The Hall–Kier alpha value is -1.18. The summed E-state index contributed by atoms with van der Waals surface area (Å²) in [4.78, 5) is 15.4. The summed E-state index contributed by atoms with van der Waals surface area (Å²) in [5.74, 6) is 0.985. The van der Waals surface area contributed by atoms with Gasteiger partial charge in [0.25, 0.3) is 0 Å². The molecule has 2 atom stereocenters. The number of ketones is 1. The van der Waals surface area contributed by atoms with Gasteiger partial charge < -0.3 is 0 Å². The Labute approximate surface area is 78.0 Å². The molecule has 2 unspecified atom stereocenters. The van der Waals surface area contributed by atoms with Crippen LogP contribution in [0.3, 0.4) is 0 Å². The van der Waals surface area contributed by atoms with Gasteiger partial charge in [-0.25, -0.2) is 0 Å². The number of Topliss-reactive ketones (excluding diaryl/α,β-unsaturated/α-hetero) is 1. The topological polar surface area (TPSA) is 30.0 Å². The van der Waals surface area contributed by atoms with Gasteiger partial charge in [0.2, 0.25) is 0 Å². The molecule has 1 saturated carbocycles. The van der Waals surface area contributed by atoms with Gasteiger partial charge in [-0.2, -0.15) is 0 Å². The summed E-state index contributed by atoms with van der Waals surface area (Å²) < 4.78 is 0. The predicted molar refractivity (Wildman–Crippen MR) is 50.4 cm³/mol. The maximum atomic E-state index is 11.3. The smallest absolute Gasteiger partial charge is 0.136 e.